The summed E-state index contributed by atoms with van der Waals surface area (Å²) in [5.41, 5.74) is 0.910. The number of carboxylic acid groups (broad SMARTS) is 1. The maximum atomic E-state index is 12.5. The van der Waals surface area contributed by atoms with Gasteiger partial charge in [0.2, 0.25) is 5.91 Å². The van der Waals surface area contributed by atoms with Crippen molar-refractivity contribution in [1.82, 2.24) is 0 Å². The number of benzene rings is 1. The molecule has 24 heavy (non-hydrogen) atoms. The van der Waals surface area contributed by atoms with Crippen molar-refractivity contribution < 1.29 is 27.9 Å². The third kappa shape index (κ3) is 4.55. The fourth-order valence-corrected chi connectivity index (χ4v) is 4.40. The number of amides is 1. The third-order valence-electron chi connectivity index (χ3n) is 4.04. The maximum absolute atomic E-state index is 12.5. The van der Waals surface area contributed by atoms with Crippen LogP contribution in [0.5, 0.6) is 0 Å². The fourth-order valence-electron chi connectivity index (χ4n) is 2.62. The lowest BCUT2D eigenvalue weighted by molar-refractivity contribution is -0.136. The summed E-state index contributed by atoms with van der Waals surface area (Å²) < 4.78 is 30.2. The third-order valence-corrected chi connectivity index (χ3v) is 6.65. The number of nitrogens with one attached hydrogen (secondary N) is 1. The Hall–Kier alpha value is -1.93. The van der Waals surface area contributed by atoms with E-state index in [1.165, 1.54) is 13.0 Å². The highest BCUT2D eigenvalue weighted by Gasteiger charge is 2.36. The highest BCUT2D eigenvalue weighted by Crippen LogP contribution is 2.21. The second-order valence-electron chi connectivity index (χ2n) is 5.80. The number of carbonyl (C=O) groups excluding carboxylic acids is 1. The number of anilines is 1. The highest BCUT2D eigenvalue weighted by atomic mass is 32.2. The topological polar surface area (TPSA) is 110 Å². The van der Waals surface area contributed by atoms with Crippen LogP contribution in [0, 0.1) is 0 Å². The zero-order chi connectivity index (χ0) is 17.7. The first-order chi connectivity index (χ1) is 11.3. The lowest BCUT2D eigenvalue weighted by Gasteiger charge is -2.25. The Labute approximate surface area is 140 Å². The molecule has 1 aliphatic rings. The van der Waals surface area contributed by atoms with E-state index < -0.39 is 32.2 Å². The molecule has 1 heterocycles. The number of hydrogen-bond donors (Lipinski definition) is 2. The molecule has 1 aliphatic heterocycles. The summed E-state index contributed by atoms with van der Waals surface area (Å²) in [5.74, 6) is -1.59. The summed E-state index contributed by atoms with van der Waals surface area (Å²) in [6, 6.07) is 6.37. The molecule has 2 rings (SSSR count). The number of hydrogen-bond acceptors (Lipinski definition) is 5. The summed E-state index contributed by atoms with van der Waals surface area (Å²) in [6.07, 6.45) is 0.627. The van der Waals surface area contributed by atoms with Crippen LogP contribution in [0.1, 0.15) is 25.3 Å². The van der Waals surface area contributed by atoms with Gasteiger partial charge >= 0.3 is 5.97 Å². The van der Waals surface area contributed by atoms with E-state index in [1.807, 2.05) is 0 Å². The summed E-state index contributed by atoms with van der Waals surface area (Å²) in [6.45, 7) is 2.15. The minimum absolute atomic E-state index is 0.167. The van der Waals surface area contributed by atoms with E-state index in [4.69, 9.17) is 9.84 Å². The monoisotopic (exact) mass is 355 g/mol. The second-order valence-corrected chi connectivity index (χ2v) is 8.35. The van der Waals surface area contributed by atoms with E-state index in [-0.39, 0.29) is 6.42 Å². The van der Waals surface area contributed by atoms with Gasteiger partial charge in [-0.3, -0.25) is 9.59 Å². The average Bonchev–Trinajstić information content (AvgIpc) is 2.54. The van der Waals surface area contributed by atoms with Gasteiger partial charge in [-0.25, -0.2) is 8.42 Å². The van der Waals surface area contributed by atoms with Crippen LogP contribution in [0.2, 0.25) is 0 Å². The number of sulfone groups is 1. The molecule has 1 fully saturated rings. The van der Waals surface area contributed by atoms with Crippen molar-refractivity contribution in [2.24, 2.45) is 0 Å². The zero-order valence-electron chi connectivity index (χ0n) is 13.4. The molecule has 2 N–H and O–H groups in total. The summed E-state index contributed by atoms with van der Waals surface area (Å²) in [4.78, 5) is 23.0. The maximum Gasteiger partial charge on any atom is 0.307 e. The quantitative estimate of drug-likeness (QED) is 0.794. The van der Waals surface area contributed by atoms with Gasteiger partial charge in [0.15, 0.2) is 9.84 Å². The molecule has 0 radical (unpaired) electrons. The Balaban J connectivity index is 2.07. The van der Waals surface area contributed by atoms with Crippen molar-refractivity contribution in [1.29, 1.82) is 0 Å². The number of ether oxygens (including phenoxy) is 1. The lowest BCUT2D eigenvalue weighted by atomic mass is 10.1. The number of rotatable bonds is 6. The van der Waals surface area contributed by atoms with Crippen molar-refractivity contribution in [2.45, 2.75) is 36.7 Å². The van der Waals surface area contributed by atoms with Crippen LogP contribution < -0.4 is 5.32 Å². The first-order valence-electron chi connectivity index (χ1n) is 7.72. The van der Waals surface area contributed by atoms with Crippen LogP contribution >= 0.6 is 0 Å². The first kappa shape index (κ1) is 18.4. The lowest BCUT2D eigenvalue weighted by Crippen LogP contribution is -2.41. The van der Waals surface area contributed by atoms with Crippen LogP contribution in [0.3, 0.4) is 0 Å². The van der Waals surface area contributed by atoms with Crippen LogP contribution in [0.15, 0.2) is 24.3 Å². The van der Waals surface area contributed by atoms with E-state index in [9.17, 15) is 18.0 Å². The van der Waals surface area contributed by atoms with E-state index in [0.717, 1.165) is 0 Å². The van der Waals surface area contributed by atoms with Crippen LogP contribution in [-0.2, 0) is 30.6 Å². The summed E-state index contributed by atoms with van der Waals surface area (Å²) >= 11 is 0. The Morgan fingerprint density at radius 3 is 2.62 bits per heavy atom. The highest BCUT2D eigenvalue weighted by molar-refractivity contribution is 7.93. The summed E-state index contributed by atoms with van der Waals surface area (Å²) in [7, 11) is -3.60. The Morgan fingerprint density at radius 1 is 1.33 bits per heavy atom. The molecule has 1 aromatic rings. The molecule has 1 amide bonds. The predicted octanol–water partition coefficient (Wildman–Crippen LogP) is 1.23. The van der Waals surface area contributed by atoms with Gasteiger partial charge in [-0.05, 0) is 37.5 Å². The van der Waals surface area contributed by atoms with E-state index in [2.05, 4.69) is 5.32 Å². The van der Waals surface area contributed by atoms with Gasteiger partial charge in [0.05, 0.1) is 11.7 Å². The number of carbonyl (C=O) groups is 2. The average molecular weight is 355 g/mol. The zero-order valence-corrected chi connectivity index (χ0v) is 14.2. The van der Waals surface area contributed by atoms with Gasteiger partial charge < -0.3 is 15.2 Å². The molecule has 0 bridgehead atoms. The first-order valence-corrected chi connectivity index (χ1v) is 9.33. The normalized spacial score (nSPS) is 17.2. The molecule has 0 saturated carbocycles. The van der Waals surface area contributed by atoms with Crippen molar-refractivity contribution >= 4 is 27.4 Å². The second kappa shape index (κ2) is 7.76. The molecule has 7 nitrogen and oxygen atoms in total. The molecule has 0 spiro atoms. The molecule has 1 aromatic carbocycles. The molecular weight excluding hydrogens is 334 g/mol. The van der Waals surface area contributed by atoms with Crippen molar-refractivity contribution in [3.05, 3.63) is 29.8 Å². The van der Waals surface area contributed by atoms with Gasteiger partial charge in [0.1, 0.15) is 5.25 Å². The molecular formula is C16H21NO6S. The van der Waals surface area contributed by atoms with Gasteiger partial charge in [0.25, 0.3) is 0 Å². The van der Waals surface area contributed by atoms with Crippen molar-refractivity contribution in [3.63, 3.8) is 0 Å². The van der Waals surface area contributed by atoms with Gasteiger partial charge in [-0.2, -0.15) is 0 Å². The molecule has 1 saturated heterocycles. The SMILES string of the molecule is CC(C(=O)Nc1cccc(CC(=O)O)c1)S(=O)(=O)C1CCOCC1. The van der Waals surface area contributed by atoms with Crippen LogP contribution in [0.25, 0.3) is 0 Å². The van der Waals surface area contributed by atoms with Gasteiger partial charge in [-0.15, -0.1) is 0 Å². The van der Waals surface area contributed by atoms with Gasteiger partial charge in [0, 0.05) is 18.9 Å². The predicted molar refractivity (Wildman–Crippen MR) is 88.6 cm³/mol. The van der Waals surface area contributed by atoms with Crippen molar-refractivity contribution in [3.8, 4) is 0 Å². The Morgan fingerprint density at radius 2 is 2.00 bits per heavy atom. The Bertz CT molecular complexity index is 709. The number of aliphatic carboxylic acids is 1. The standard InChI is InChI=1S/C16H21NO6S/c1-11(24(21,22)14-5-7-23-8-6-14)16(20)17-13-4-2-3-12(9-13)10-15(18)19/h2-4,9,11,14H,5-8,10H2,1H3,(H,17,20)(H,18,19). The van der Waals surface area contributed by atoms with E-state index in [0.29, 0.717) is 37.3 Å². The fraction of sp³-hybridized carbons (Fsp3) is 0.500. The van der Waals surface area contributed by atoms with Crippen LogP contribution in [0.4, 0.5) is 5.69 Å². The Kier molecular flexibility index (Phi) is 5.95. The molecule has 0 aromatic heterocycles. The summed E-state index contributed by atoms with van der Waals surface area (Å²) in [5, 5.41) is 9.62. The molecule has 1 atom stereocenters. The minimum Gasteiger partial charge on any atom is -0.481 e. The van der Waals surface area contributed by atoms with Crippen molar-refractivity contribution in [2.75, 3.05) is 18.5 Å². The van der Waals surface area contributed by atoms with Crippen LogP contribution in [-0.4, -0.2) is 49.1 Å². The molecule has 0 aliphatic carbocycles. The number of carboxylic acids is 1. The molecule has 8 heteroatoms. The van der Waals surface area contributed by atoms with Gasteiger partial charge in [-0.1, -0.05) is 12.1 Å². The molecule has 132 valence electrons. The smallest absolute Gasteiger partial charge is 0.307 e. The van der Waals surface area contributed by atoms with E-state index >= 15 is 0 Å². The molecule has 1 unspecified atom stereocenters. The largest absolute Gasteiger partial charge is 0.481 e. The van der Waals surface area contributed by atoms with E-state index in [1.54, 1.807) is 18.2 Å². The minimum atomic E-state index is -3.60.